The Hall–Kier alpha value is -0.280. The maximum atomic E-state index is 6.08. The highest BCUT2D eigenvalue weighted by Gasteiger charge is 2.23. The molecule has 1 aliphatic rings. The summed E-state index contributed by atoms with van der Waals surface area (Å²) in [5.74, 6) is 0.586. The number of likely N-dealkylation sites (N-methyl/N-ethyl adjacent to an activating group) is 1. The van der Waals surface area contributed by atoms with Crippen molar-refractivity contribution in [1.82, 2.24) is 5.32 Å². The summed E-state index contributed by atoms with van der Waals surface area (Å²) in [6.45, 7) is 4.88. The quantitative estimate of drug-likeness (QED) is 0.889. The van der Waals surface area contributed by atoms with E-state index in [1.165, 1.54) is 12.0 Å². The largest absolute Gasteiger partial charge is 0.381 e. The standard InChI is InChI=1S/C15H21Cl2NO/c1-2-18-15(12-4-3-7-19-10-12)9-11-5-6-13(16)14(17)8-11/h5-6,8,12,15,18H,2-4,7,9-10H2,1H3. The van der Waals surface area contributed by atoms with Crippen molar-refractivity contribution in [3.8, 4) is 0 Å². The zero-order valence-corrected chi connectivity index (χ0v) is 12.8. The maximum Gasteiger partial charge on any atom is 0.0595 e. The molecule has 106 valence electrons. The van der Waals surface area contributed by atoms with Gasteiger partial charge in [-0.05, 0) is 49.4 Å². The van der Waals surface area contributed by atoms with E-state index in [1.807, 2.05) is 12.1 Å². The highest BCUT2D eigenvalue weighted by atomic mass is 35.5. The molecule has 1 aliphatic heterocycles. The Balaban J connectivity index is 2.04. The Kier molecular flexibility index (Phi) is 5.96. The molecule has 0 bridgehead atoms. The van der Waals surface area contributed by atoms with Gasteiger partial charge in [0.2, 0.25) is 0 Å². The summed E-state index contributed by atoms with van der Waals surface area (Å²) in [7, 11) is 0. The Bertz CT molecular complexity index is 405. The van der Waals surface area contributed by atoms with Crippen LogP contribution in [0, 0.1) is 5.92 Å². The summed E-state index contributed by atoms with van der Waals surface area (Å²) in [6, 6.07) is 6.35. The highest BCUT2D eigenvalue weighted by Crippen LogP contribution is 2.25. The lowest BCUT2D eigenvalue weighted by atomic mass is 9.89. The molecule has 2 atom stereocenters. The Morgan fingerprint density at radius 1 is 1.37 bits per heavy atom. The van der Waals surface area contributed by atoms with E-state index in [0.29, 0.717) is 22.0 Å². The lowest BCUT2D eigenvalue weighted by Gasteiger charge is -2.31. The molecule has 2 nitrogen and oxygen atoms in total. The second-order valence-electron chi connectivity index (χ2n) is 5.09. The van der Waals surface area contributed by atoms with E-state index in [1.54, 1.807) is 0 Å². The highest BCUT2D eigenvalue weighted by molar-refractivity contribution is 6.42. The Labute approximate surface area is 125 Å². The molecule has 19 heavy (non-hydrogen) atoms. The number of hydrogen-bond donors (Lipinski definition) is 1. The molecule has 1 heterocycles. The minimum atomic E-state index is 0.447. The van der Waals surface area contributed by atoms with Crippen LogP contribution in [0.5, 0.6) is 0 Å². The van der Waals surface area contributed by atoms with E-state index in [9.17, 15) is 0 Å². The first-order chi connectivity index (χ1) is 9.20. The van der Waals surface area contributed by atoms with Crippen LogP contribution in [0.4, 0.5) is 0 Å². The zero-order chi connectivity index (χ0) is 13.7. The third-order valence-electron chi connectivity index (χ3n) is 3.67. The first-order valence-corrected chi connectivity index (χ1v) is 7.71. The molecule has 4 heteroatoms. The van der Waals surface area contributed by atoms with Crippen molar-refractivity contribution in [1.29, 1.82) is 0 Å². The summed E-state index contributed by atoms with van der Waals surface area (Å²) in [5.41, 5.74) is 1.23. The van der Waals surface area contributed by atoms with Crippen LogP contribution in [0.15, 0.2) is 18.2 Å². The normalized spacial score (nSPS) is 21.3. The minimum absolute atomic E-state index is 0.447. The minimum Gasteiger partial charge on any atom is -0.381 e. The third-order valence-corrected chi connectivity index (χ3v) is 4.41. The van der Waals surface area contributed by atoms with Crippen LogP contribution in [-0.4, -0.2) is 25.8 Å². The van der Waals surface area contributed by atoms with E-state index >= 15 is 0 Å². The van der Waals surface area contributed by atoms with Crippen molar-refractivity contribution in [3.05, 3.63) is 33.8 Å². The molecule has 2 rings (SSSR count). The fourth-order valence-corrected chi connectivity index (χ4v) is 2.99. The number of nitrogens with one attached hydrogen (secondary N) is 1. The average Bonchev–Trinajstić information content (AvgIpc) is 2.43. The number of rotatable bonds is 5. The number of benzene rings is 1. The molecule has 0 aromatic heterocycles. The number of ether oxygens (including phenoxy) is 1. The maximum absolute atomic E-state index is 6.08. The molecular weight excluding hydrogens is 281 g/mol. The molecule has 1 saturated heterocycles. The van der Waals surface area contributed by atoms with Gasteiger partial charge in [0.05, 0.1) is 16.7 Å². The van der Waals surface area contributed by atoms with Gasteiger partial charge in [-0.3, -0.25) is 0 Å². The molecule has 0 radical (unpaired) electrons. The van der Waals surface area contributed by atoms with E-state index < -0.39 is 0 Å². The first-order valence-electron chi connectivity index (χ1n) is 6.95. The molecule has 2 unspecified atom stereocenters. The third kappa shape index (κ3) is 4.35. The van der Waals surface area contributed by atoms with Gasteiger partial charge in [0, 0.05) is 12.6 Å². The van der Waals surface area contributed by atoms with Crippen LogP contribution in [0.3, 0.4) is 0 Å². The van der Waals surface area contributed by atoms with Gasteiger partial charge >= 0.3 is 0 Å². The molecule has 0 saturated carbocycles. The lowest BCUT2D eigenvalue weighted by Crippen LogP contribution is -2.41. The van der Waals surface area contributed by atoms with Crippen LogP contribution in [0.2, 0.25) is 10.0 Å². The lowest BCUT2D eigenvalue weighted by molar-refractivity contribution is 0.0396. The number of hydrogen-bond acceptors (Lipinski definition) is 2. The van der Waals surface area contributed by atoms with E-state index in [4.69, 9.17) is 27.9 Å². The summed E-state index contributed by atoms with van der Waals surface area (Å²) < 4.78 is 5.60. The molecule has 0 spiro atoms. The predicted octanol–water partition coefficient (Wildman–Crippen LogP) is 3.94. The fourth-order valence-electron chi connectivity index (χ4n) is 2.67. The average molecular weight is 302 g/mol. The second-order valence-corrected chi connectivity index (χ2v) is 5.91. The molecule has 1 aromatic carbocycles. The Morgan fingerprint density at radius 3 is 2.84 bits per heavy atom. The Morgan fingerprint density at radius 2 is 2.21 bits per heavy atom. The summed E-state index contributed by atoms with van der Waals surface area (Å²) >= 11 is 12.0. The van der Waals surface area contributed by atoms with E-state index in [-0.39, 0.29) is 0 Å². The van der Waals surface area contributed by atoms with Gasteiger partial charge < -0.3 is 10.1 Å². The van der Waals surface area contributed by atoms with Gasteiger partial charge in [-0.1, -0.05) is 36.2 Å². The van der Waals surface area contributed by atoms with Crippen LogP contribution < -0.4 is 5.32 Å². The first kappa shape index (κ1) is 15.1. The van der Waals surface area contributed by atoms with Crippen LogP contribution in [0.25, 0.3) is 0 Å². The van der Waals surface area contributed by atoms with Gasteiger partial charge in [0.1, 0.15) is 0 Å². The van der Waals surface area contributed by atoms with E-state index in [0.717, 1.165) is 32.6 Å². The van der Waals surface area contributed by atoms with Crippen molar-refractivity contribution >= 4 is 23.2 Å². The number of halogens is 2. The summed E-state index contributed by atoms with van der Waals surface area (Å²) in [6.07, 6.45) is 3.37. The molecule has 0 aliphatic carbocycles. The summed E-state index contributed by atoms with van der Waals surface area (Å²) in [5, 5.41) is 4.83. The molecule has 1 N–H and O–H groups in total. The van der Waals surface area contributed by atoms with Crippen molar-refractivity contribution < 1.29 is 4.74 Å². The topological polar surface area (TPSA) is 21.3 Å². The van der Waals surface area contributed by atoms with Crippen LogP contribution in [-0.2, 0) is 11.2 Å². The predicted molar refractivity (Wildman–Crippen MR) is 81.2 cm³/mol. The van der Waals surface area contributed by atoms with Gasteiger partial charge in [-0.2, -0.15) is 0 Å². The monoisotopic (exact) mass is 301 g/mol. The van der Waals surface area contributed by atoms with Crippen molar-refractivity contribution in [2.24, 2.45) is 5.92 Å². The fraction of sp³-hybridized carbons (Fsp3) is 0.600. The van der Waals surface area contributed by atoms with Gasteiger partial charge in [-0.25, -0.2) is 0 Å². The van der Waals surface area contributed by atoms with E-state index in [2.05, 4.69) is 18.3 Å². The summed E-state index contributed by atoms with van der Waals surface area (Å²) in [4.78, 5) is 0. The molecule has 0 amide bonds. The molecule has 1 aromatic rings. The molecular formula is C15H21Cl2NO. The second kappa shape index (κ2) is 7.49. The van der Waals surface area contributed by atoms with Gasteiger partial charge in [0.15, 0.2) is 0 Å². The smallest absolute Gasteiger partial charge is 0.0595 e. The van der Waals surface area contributed by atoms with Gasteiger partial charge in [-0.15, -0.1) is 0 Å². The van der Waals surface area contributed by atoms with Gasteiger partial charge in [0.25, 0.3) is 0 Å². The van der Waals surface area contributed by atoms with Crippen molar-refractivity contribution in [2.75, 3.05) is 19.8 Å². The molecule has 1 fully saturated rings. The zero-order valence-electron chi connectivity index (χ0n) is 11.3. The van der Waals surface area contributed by atoms with Crippen molar-refractivity contribution in [3.63, 3.8) is 0 Å². The van der Waals surface area contributed by atoms with Crippen LogP contribution in [0.1, 0.15) is 25.3 Å². The van der Waals surface area contributed by atoms with Crippen molar-refractivity contribution in [2.45, 2.75) is 32.2 Å². The van der Waals surface area contributed by atoms with Crippen LogP contribution >= 0.6 is 23.2 Å². The SMILES string of the molecule is CCNC(Cc1ccc(Cl)c(Cl)c1)C1CCCOC1.